The van der Waals surface area contributed by atoms with E-state index in [4.69, 9.17) is 9.15 Å². The highest BCUT2D eigenvalue weighted by atomic mass is 32.2. The lowest BCUT2D eigenvalue weighted by Gasteiger charge is -2.23. The van der Waals surface area contributed by atoms with E-state index in [1.807, 2.05) is 0 Å². The topological polar surface area (TPSA) is 120 Å². The van der Waals surface area contributed by atoms with Gasteiger partial charge in [-0.05, 0) is 43.3 Å². The van der Waals surface area contributed by atoms with Crippen LogP contribution in [0.1, 0.15) is 6.92 Å². The first-order valence-electron chi connectivity index (χ1n) is 7.98. The quantitative estimate of drug-likeness (QED) is 0.703. The monoisotopic (exact) mass is 389 g/mol. The van der Waals surface area contributed by atoms with Crippen LogP contribution in [0, 0.1) is 0 Å². The van der Waals surface area contributed by atoms with Crippen LogP contribution in [0.2, 0.25) is 0 Å². The van der Waals surface area contributed by atoms with Crippen molar-refractivity contribution in [2.45, 2.75) is 17.9 Å². The van der Waals surface area contributed by atoms with Crippen molar-refractivity contribution in [1.82, 2.24) is 4.57 Å². The Hall–Kier alpha value is -3.27. The van der Waals surface area contributed by atoms with Crippen LogP contribution < -0.4 is 20.5 Å². The molecule has 0 saturated heterocycles. The van der Waals surface area contributed by atoms with Crippen LogP contribution in [0.5, 0.6) is 5.75 Å². The zero-order valence-corrected chi connectivity index (χ0v) is 15.2. The molecule has 0 radical (unpaired) electrons. The molecular weight excluding hydrogens is 374 g/mol. The molecule has 2 aromatic carbocycles. The van der Waals surface area contributed by atoms with Crippen LogP contribution in [0.3, 0.4) is 0 Å². The van der Waals surface area contributed by atoms with Crippen LogP contribution in [0.25, 0.3) is 11.1 Å². The van der Waals surface area contributed by atoms with Crippen LogP contribution in [0.15, 0.2) is 50.5 Å². The van der Waals surface area contributed by atoms with Crippen LogP contribution in [-0.2, 0) is 21.9 Å². The van der Waals surface area contributed by atoms with Crippen molar-refractivity contribution in [1.29, 1.82) is 0 Å². The first-order valence-corrected chi connectivity index (χ1v) is 9.47. The van der Waals surface area contributed by atoms with E-state index in [-0.39, 0.29) is 16.5 Å². The summed E-state index contributed by atoms with van der Waals surface area (Å²) < 4.78 is 39.5. The van der Waals surface area contributed by atoms with E-state index >= 15 is 0 Å². The summed E-state index contributed by atoms with van der Waals surface area (Å²) in [5.74, 6) is -0.430. The molecule has 27 heavy (non-hydrogen) atoms. The molecule has 1 unspecified atom stereocenters. The number of anilines is 2. The Morgan fingerprint density at radius 3 is 2.70 bits per heavy atom. The molecule has 0 spiro atoms. The lowest BCUT2D eigenvalue weighted by molar-refractivity contribution is -0.122. The van der Waals surface area contributed by atoms with Gasteiger partial charge in [0.2, 0.25) is 0 Å². The number of hydrogen-bond acceptors (Lipinski definition) is 6. The number of hydrogen-bond donors (Lipinski definition) is 2. The molecule has 10 heteroatoms. The van der Waals surface area contributed by atoms with Crippen LogP contribution in [-0.4, -0.2) is 25.0 Å². The minimum absolute atomic E-state index is 0.0296. The highest BCUT2D eigenvalue weighted by Gasteiger charge is 2.24. The highest BCUT2D eigenvalue weighted by Crippen LogP contribution is 2.33. The van der Waals surface area contributed by atoms with Crippen LogP contribution >= 0.6 is 0 Å². The minimum atomic E-state index is -3.92. The number of fused-ring (bicyclic) bond motifs is 2. The van der Waals surface area contributed by atoms with Gasteiger partial charge in [0, 0.05) is 7.05 Å². The number of sulfonamides is 1. The van der Waals surface area contributed by atoms with Gasteiger partial charge < -0.3 is 14.5 Å². The van der Waals surface area contributed by atoms with E-state index in [1.54, 1.807) is 13.0 Å². The highest BCUT2D eigenvalue weighted by molar-refractivity contribution is 7.92. The average Bonchev–Trinajstić information content (AvgIpc) is 2.90. The fourth-order valence-corrected chi connectivity index (χ4v) is 3.83. The molecule has 1 aromatic heterocycles. The molecule has 1 aliphatic rings. The Morgan fingerprint density at radius 1 is 1.15 bits per heavy atom. The third kappa shape index (κ3) is 2.93. The third-order valence-electron chi connectivity index (χ3n) is 4.24. The number of carbonyl (C=O) groups excluding carboxylic acids is 1. The zero-order valence-electron chi connectivity index (χ0n) is 14.3. The number of nitrogens with one attached hydrogen (secondary N) is 2. The summed E-state index contributed by atoms with van der Waals surface area (Å²) in [6.07, 6.45) is -0.617. The molecule has 1 aliphatic heterocycles. The van der Waals surface area contributed by atoms with Crippen molar-refractivity contribution in [3.63, 3.8) is 0 Å². The molecule has 3 aromatic rings. The van der Waals surface area contributed by atoms with Crippen molar-refractivity contribution >= 4 is 38.4 Å². The molecule has 1 amide bonds. The molecule has 0 fully saturated rings. The molecule has 0 bridgehead atoms. The van der Waals surface area contributed by atoms with Gasteiger partial charge in [0.1, 0.15) is 5.75 Å². The maximum Gasteiger partial charge on any atom is 0.419 e. The van der Waals surface area contributed by atoms with Gasteiger partial charge in [0.05, 0.1) is 21.8 Å². The first-order chi connectivity index (χ1) is 12.7. The minimum Gasteiger partial charge on any atom is -0.479 e. The van der Waals surface area contributed by atoms with E-state index in [0.29, 0.717) is 22.5 Å². The standard InChI is InChI=1S/C17H15N3O6S/c1-9-16(21)18-12-7-10(3-5-14(12)25-9)19-27(23,24)11-4-6-15-13(8-11)20(2)17(22)26-15/h3-9,19H,1-2H3,(H,18,21). The van der Waals surface area contributed by atoms with Crippen molar-refractivity contribution in [2.24, 2.45) is 7.05 Å². The first kappa shape index (κ1) is 17.2. The summed E-state index contributed by atoms with van der Waals surface area (Å²) >= 11 is 0. The van der Waals surface area contributed by atoms with Gasteiger partial charge in [-0.15, -0.1) is 0 Å². The van der Waals surface area contributed by atoms with Crippen molar-refractivity contribution in [3.05, 3.63) is 46.9 Å². The summed E-state index contributed by atoms with van der Waals surface area (Å²) in [4.78, 5) is 23.3. The van der Waals surface area contributed by atoms with Crippen LogP contribution in [0.4, 0.5) is 11.4 Å². The molecule has 9 nitrogen and oxygen atoms in total. The lowest BCUT2D eigenvalue weighted by Crippen LogP contribution is -2.34. The predicted octanol–water partition coefficient (Wildman–Crippen LogP) is 1.65. The average molecular weight is 389 g/mol. The maximum absolute atomic E-state index is 12.7. The number of rotatable bonds is 3. The number of aromatic nitrogens is 1. The fraction of sp³-hybridized carbons (Fsp3) is 0.176. The smallest absolute Gasteiger partial charge is 0.419 e. The van der Waals surface area contributed by atoms with E-state index in [2.05, 4.69) is 10.0 Å². The second-order valence-electron chi connectivity index (χ2n) is 6.12. The number of aryl methyl sites for hydroxylation is 1. The molecule has 4 rings (SSSR count). The lowest BCUT2D eigenvalue weighted by atomic mass is 10.2. The summed E-state index contributed by atoms with van der Waals surface area (Å²) in [6.45, 7) is 1.62. The van der Waals surface area contributed by atoms with E-state index in [1.165, 1.54) is 41.9 Å². The van der Waals surface area contributed by atoms with Gasteiger partial charge in [0.25, 0.3) is 15.9 Å². The third-order valence-corrected chi connectivity index (χ3v) is 5.61. The maximum atomic E-state index is 12.7. The number of benzene rings is 2. The largest absolute Gasteiger partial charge is 0.479 e. The molecule has 0 aliphatic carbocycles. The molecule has 2 N–H and O–H groups in total. The predicted molar refractivity (Wildman–Crippen MR) is 97.4 cm³/mol. The van der Waals surface area contributed by atoms with E-state index < -0.39 is 21.9 Å². The number of ether oxygens (including phenoxy) is 1. The number of carbonyl (C=O) groups is 1. The number of oxazole rings is 1. The summed E-state index contributed by atoms with van der Waals surface area (Å²) in [5.41, 5.74) is 1.30. The van der Waals surface area contributed by atoms with Gasteiger partial charge in [-0.1, -0.05) is 0 Å². The Morgan fingerprint density at radius 2 is 1.93 bits per heavy atom. The summed E-state index contributed by atoms with van der Waals surface area (Å²) in [6, 6.07) is 8.71. The van der Waals surface area contributed by atoms with Crippen molar-refractivity contribution in [3.8, 4) is 5.75 Å². The molecule has 1 atom stereocenters. The molecule has 140 valence electrons. The second kappa shape index (κ2) is 5.88. The Kier molecular flexibility index (Phi) is 3.74. The van der Waals surface area contributed by atoms with E-state index in [0.717, 1.165) is 0 Å². The zero-order chi connectivity index (χ0) is 19.3. The van der Waals surface area contributed by atoms with E-state index in [9.17, 15) is 18.0 Å². The fourth-order valence-electron chi connectivity index (χ4n) is 2.76. The van der Waals surface area contributed by atoms with Crippen molar-refractivity contribution in [2.75, 3.05) is 10.0 Å². The summed E-state index contributed by atoms with van der Waals surface area (Å²) in [7, 11) is -2.43. The number of nitrogens with zero attached hydrogens (tertiary/aromatic N) is 1. The van der Waals surface area contributed by atoms with Gasteiger partial charge in [-0.25, -0.2) is 13.2 Å². The van der Waals surface area contributed by atoms with Gasteiger partial charge in [-0.3, -0.25) is 14.1 Å². The Balaban J connectivity index is 1.68. The van der Waals surface area contributed by atoms with Gasteiger partial charge in [0.15, 0.2) is 11.7 Å². The Labute approximate surface area is 153 Å². The van der Waals surface area contributed by atoms with Crippen molar-refractivity contribution < 1.29 is 22.4 Å². The molecular formula is C17H15N3O6S. The van der Waals surface area contributed by atoms with Gasteiger partial charge >= 0.3 is 5.76 Å². The summed E-state index contributed by atoms with van der Waals surface area (Å²) in [5, 5.41) is 2.66. The molecule has 0 saturated carbocycles. The second-order valence-corrected chi connectivity index (χ2v) is 7.80. The normalized spacial score (nSPS) is 16.5. The molecule has 2 heterocycles. The van der Waals surface area contributed by atoms with Gasteiger partial charge in [-0.2, -0.15) is 0 Å². The SMILES string of the molecule is CC1Oc2ccc(NS(=O)(=O)c3ccc4oc(=O)n(C)c4c3)cc2NC1=O. The Bertz CT molecular complexity index is 1240. The number of amides is 1.